The van der Waals surface area contributed by atoms with Crippen LogP contribution in [0.3, 0.4) is 0 Å². The highest BCUT2D eigenvalue weighted by molar-refractivity contribution is 6.37. The topological polar surface area (TPSA) is 56.6 Å². The summed E-state index contributed by atoms with van der Waals surface area (Å²) in [4.78, 5) is 15.0. The van der Waals surface area contributed by atoms with Crippen LogP contribution >= 0.6 is 23.2 Å². The van der Waals surface area contributed by atoms with Crippen LogP contribution < -0.4 is 0 Å². The van der Waals surface area contributed by atoms with E-state index in [9.17, 15) is 4.79 Å². The molecule has 0 spiro atoms. The molecule has 2 aromatic rings. The lowest BCUT2D eigenvalue weighted by Gasteiger charge is -2.02. The second-order valence-corrected chi connectivity index (χ2v) is 4.53. The molecule has 2 rings (SSSR count). The monoisotopic (exact) mass is 278 g/mol. The normalized spacial score (nSPS) is 10.1. The number of rotatable bonds is 3. The number of nitrogens with one attached hydrogen (secondary N) is 1. The number of ketones is 1. The molecule has 0 radical (unpaired) electrons. The maximum absolute atomic E-state index is 12.2. The Hall–Kier alpha value is -1.76. The Balaban J connectivity index is 2.33. The number of hydrogen-bond acceptors (Lipinski definition) is 2. The number of carbonyl (C=O) groups is 1. The van der Waals surface area contributed by atoms with Crippen molar-refractivity contribution < 1.29 is 4.79 Å². The maximum atomic E-state index is 12.2. The molecule has 1 aromatic carbocycles. The first-order valence-corrected chi connectivity index (χ1v) is 5.92. The predicted octanol–water partition coefficient (Wildman–Crippen LogP) is 3.62. The molecule has 3 nitrogen and oxygen atoms in total. The Morgan fingerprint density at radius 3 is 2.72 bits per heavy atom. The van der Waals surface area contributed by atoms with Crippen molar-refractivity contribution in [2.45, 2.75) is 6.42 Å². The van der Waals surface area contributed by atoms with Crippen LogP contribution in [0.4, 0.5) is 0 Å². The summed E-state index contributed by atoms with van der Waals surface area (Å²) in [6, 6.07) is 10.1. The third kappa shape index (κ3) is 2.56. The summed E-state index contributed by atoms with van der Waals surface area (Å²) in [5, 5.41) is 9.36. The number of nitriles is 1. The molecule has 0 amide bonds. The molecule has 90 valence electrons. The van der Waals surface area contributed by atoms with Gasteiger partial charge in [-0.1, -0.05) is 23.2 Å². The first-order valence-electron chi connectivity index (χ1n) is 5.16. The fourth-order valence-corrected chi connectivity index (χ4v) is 2.07. The van der Waals surface area contributed by atoms with Gasteiger partial charge < -0.3 is 4.98 Å². The molecule has 5 heteroatoms. The van der Waals surface area contributed by atoms with Gasteiger partial charge >= 0.3 is 0 Å². The van der Waals surface area contributed by atoms with Crippen LogP contribution in [0.1, 0.15) is 21.7 Å². The summed E-state index contributed by atoms with van der Waals surface area (Å²) in [6.45, 7) is 0. The average molecular weight is 279 g/mol. The first-order chi connectivity index (χ1) is 8.61. The van der Waals surface area contributed by atoms with E-state index in [1.807, 2.05) is 6.07 Å². The predicted molar refractivity (Wildman–Crippen MR) is 70.0 cm³/mol. The molecule has 0 aliphatic heterocycles. The Morgan fingerprint density at radius 2 is 2.06 bits per heavy atom. The van der Waals surface area contributed by atoms with Crippen molar-refractivity contribution in [1.82, 2.24) is 4.98 Å². The molecule has 0 atom stereocenters. The molecule has 0 aliphatic carbocycles. The summed E-state index contributed by atoms with van der Waals surface area (Å²) in [5.74, 6) is -0.221. The largest absolute Gasteiger partial charge is 0.355 e. The number of H-pyrrole nitrogens is 1. The molecule has 0 saturated heterocycles. The van der Waals surface area contributed by atoms with E-state index in [1.54, 1.807) is 24.3 Å². The van der Waals surface area contributed by atoms with Crippen molar-refractivity contribution in [3.05, 3.63) is 57.3 Å². The lowest BCUT2D eigenvalue weighted by molar-refractivity contribution is 0.103. The molecule has 1 heterocycles. The summed E-state index contributed by atoms with van der Waals surface area (Å²) >= 11 is 11.7. The van der Waals surface area contributed by atoms with Crippen LogP contribution in [0.15, 0.2) is 30.3 Å². The Bertz CT molecular complexity index is 641. The van der Waals surface area contributed by atoms with Crippen LogP contribution in [-0.2, 0) is 6.42 Å². The smallest absolute Gasteiger partial charge is 0.210 e. The second-order valence-electron chi connectivity index (χ2n) is 3.69. The van der Waals surface area contributed by atoms with Crippen molar-refractivity contribution in [3.8, 4) is 6.07 Å². The van der Waals surface area contributed by atoms with Gasteiger partial charge in [0.25, 0.3) is 0 Å². The SMILES string of the molecule is N#CCc1ccc(C(=O)c2ccc(Cl)cc2Cl)[nH]1. The number of carbonyl (C=O) groups excluding carboxylic acids is 1. The lowest BCUT2D eigenvalue weighted by atomic mass is 10.1. The number of hydrogen-bond donors (Lipinski definition) is 1. The van der Waals surface area contributed by atoms with Crippen molar-refractivity contribution in [3.63, 3.8) is 0 Å². The van der Waals surface area contributed by atoms with Gasteiger partial charge in [0, 0.05) is 16.3 Å². The summed E-state index contributed by atoms with van der Waals surface area (Å²) in [5.41, 5.74) is 1.49. The minimum Gasteiger partial charge on any atom is -0.355 e. The second kappa shape index (κ2) is 5.26. The number of halogens is 2. The van der Waals surface area contributed by atoms with Crippen LogP contribution in [0, 0.1) is 11.3 Å². The molecule has 0 fully saturated rings. The Morgan fingerprint density at radius 1 is 1.28 bits per heavy atom. The van der Waals surface area contributed by atoms with E-state index in [2.05, 4.69) is 4.98 Å². The molecular weight excluding hydrogens is 271 g/mol. The zero-order valence-corrected chi connectivity index (χ0v) is 10.7. The molecule has 0 bridgehead atoms. The minimum absolute atomic E-state index is 0.221. The van der Waals surface area contributed by atoms with Gasteiger partial charge in [-0.15, -0.1) is 0 Å². The molecule has 0 aliphatic rings. The highest BCUT2D eigenvalue weighted by Crippen LogP contribution is 2.23. The zero-order valence-electron chi connectivity index (χ0n) is 9.21. The van der Waals surface area contributed by atoms with Gasteiger partial charge in [-0.2, -0.15) is 5.26 Å². The van der Waals surface area contributed by atoms with Gasteiger partial charge in [-0.3, -0.25) is 4.79 Å². The summed E-state index contributed by atoms with van der Waals surface area (Å²) < 4.78 is 0. The van der Waals surface area contributed by atoms with Crippen LogP contribution in [-0.4, -0.2) is 10.8 Å². The van der Waals surface area contributed by atoms with Gasteiger partial charge in [-0.05, 0) is 30.3 Å². The van der Waals surface area contributed by atoms with Crippen molar-refractivity contribution in [2.75, 3.05) is 0 Å². The van der Waals surface area contributed by atoms with E-state index < -0.39 is 0 Å². The van der Waals surface area contributed by atoms with Crippen LogP contribution in [0.25, 0.3) is 0 Å². The van der Waals surface area contributed by atoms with Gasteiger partial charge in [0.2, 0.25) is 5.78 Å². The van der Waals surface area contributed by atoms with Crippen molar-refractivity contribution >= 4 is 29.0 Å². The quantitative estimate of drug-likeness (QED) is 0.872. The van der Waals surface area contributed by atoms with Crippen molar-refractivity contribution in [2.24, 2.45) is 0 Å². The highest BCUT2D eigenvalue weighted by Gasteiger charge is 2.14. The standard InChI is InChI=1S/C13H8Cl2N2O/c14-8-1-3-10(11(15)7-8)13(18)12-4-2-9(17-12)5-6-16/h1-4,7,17H,5H2. The van der Waals surface area contributed by atoms with Crippen LogP contribution in [0.5, 0.6) is 0 Å². The van der Waals surface area contributed by atoms with E-state index in [0.717, 1.165) is 0 Å². The number of aromatic nitrogens is 1. The first kappa shape index (κ1) is 12.7. The van der Waals surface area contributed by atoms with Gasteiger partial charge in [0.1, 0.15) is 0 Å². The number of nitrogens with zero attached hydrogens (tertiary/aromatic N) is 1. The fraction of sp³-hybridized carbons (Fsp3) is 0.0769. The Kier molecular flexibility index (Phi) is 3.71. The average Bonchev–Trinajstić information content (AvgIpc) is 2.77. The highest BCUT2D eigenvalue weighted by atomic mass is 35.5. The maximum Gasteiger partial charge on any atom is 0.210 e. The van der Waals surface area contributed by atoms with Crippen molar-refractivity contribution in [1.29, 1.82) is 5.26 Å². The van der Waals surface area contributed by atoms with Gasteiger partial charge in [0.05, 0.1) is 23.2 Å². The zero-order chi connectivity index (χ0) is 13.1. The molecule has 1 N–H and O–H groups in total. The lowest BCUT2D eigenvalue weighted by Crippen LogP contribution is -2.02. The number of benzene rings is 1. The van der Waals surface area contributed by atoms with E-state index in [1.165, 1.54) is 6.07 Å². The molecule has 1 aromatic heterocycles. The molecule has 0 unspecified atom stereocenters. The molecule has 18 heavy (non-hydrogen) atoms. The summed E-state index contributed by atoms with van der Waals surface area (Å²) in [6.07, 6.45) is 0.238. The van der Waals surface area contributed by atoms with Crippen LogP contribution in [0.2, 0.25) is 10.0 Å². The van der Waals surface area contributed by atoms with E-state index in [4.69, 9.17) is 28.5 Å². The van der Waals surface area contributed by atoms with E-state index >= 15 is 0 Å². The third-order valence-corrected chi connectivity index (χ3v) is 2.98. The van der Waals surface area contributed by atoms with E-state index in [-0.39, 0.29) is 12.2 Å². The fourth-order valence-electron chi connectivity index (χ4n) is 1.58. The number of aromatic amines is 1. The summed E-state index contributed by atoms with van der Waals surface area (Å²) in [7, 11) is 0. The van der Waals surface area contributed by atoms with Gasteiger partial charge in [0.15, 0.2) is 0 Å². The molecule has 0 saturated carbocycles. The third-order valence-electron chi connectivity index (χ3n) is 2.44. The Labute approximate surface area is 114 Å². The minimum atomic E-state index is -0.221. The van der Waals surface area contributed by atoms with E-state index in [0.29, 0.717) is 27.0 Å². The van der Waals surface area contributed by atoms with Gasteiger partial charge in [-0.25, -0.2) is 0 Å². The molecular formula is C13H8Cl2N2O.